The average Bonchev–Trinajstić information content (AvgIpc) is 2.97. The molecule has 1 heterocycles. The van der Waals surface area contributed by atoms with E-state index in [1.54, 1.807) is 18.4 Å². The number of methoxy groups -OCH3 is 1. The molecule has 5 heteroatoms. The quantitative estimate of drug-likeness (QED) is 0.838. The maximum Gasteiger partial charge on any atom is 0.123 e. The van der Waals surface area contributed by atoms with Crippen molar-refractivity contribution < 1.29 is 4.74 Å². The number of ether oxygens (including phenoxy) is 1. The minimum atomic E-state index is 0.371. The first-order valence-corrected chi connectivity index (χ1v) is 8.10. The lowest BCUT2D eigenvalue weighted by atomic mass is 10.2. The summed E-state index contributed by atoms with van der Waals surface area (Å²) in [6.07, 6.45) is 0. The van der Waals surface area contributed by atoms with Gasteiger partial charge in [0.05, 0.1) is 13.2 Å². The summed E-state index contributed by atoms with van der Waals surface area (Å²) in [6.45, 7) is 1.61. The van der Waals surface area contributed by atoms with E-state index >= 15 is 0 Å². The number of hydrogen-bond acceptors (Lipinski definition) is 4. The first-order chi connectivity index (χ1) is 10.1. The number of nitrogens with one attached hydrogen (secondary N) is 1. The maximum absolute atomic E-state index is 6.06. The van der Waals surface area contributed by atoms with E-state index in [1.165, 1.54) is 4.88 Å². The van der Waals surface area contributed by atoms with Gasteiger partial charge in [0, 0.05) is 28.6 Å². The minimum Gasteiger partial charge on any atom is -0.496 e. The van der Waals surface area contributed by atoms with E-state index in [0.29, 0.717) is 6.04 Å². The summed E-state index contributed by atoms with van der Waals surface area (Å²) >= 11 is 7.85. The normalized spacial score (nSPS) is 12.6. The van der Waals surface area contributed by atoms with Crippen LogP contribution in [-0.2, 0) is 6.54 Å². The highest BCUT2D eigenvalue weighted by atomic mass is 35.5. The van der Waals surface area contributed by atoms with Gasteiger partial charge in [-0.15, -0.1) is 11.3 Å². The van der Waals surface area contributed by atoms with Crippen molar-refractivity contribution in [3.63, 3.8) is 0 Å². The van der Waals surface area contributed by atoms with E-state index in [9.17, 15) is 0 Å². The summed E-state index contributed by atoms with van der Waals surface area (Å²) in [7, 11) is 5.89. The zero-order chi connectivity index (χ0) is 15.2. The molecule has 0 radical (unpaired) electrons. The van der Waals surface area contributed by atoms with Crippen molar-refractivity contribution in [2.75, 3.05) is 27.7 Å². The molecular weight excluding hydrogens is 304 g/mol. The molecule has 0 fully saturated rings. The Kier molecular flexibility index (Phi) is 6.06. The Labute approximate surface area is 135 Å². The number of halogens is 1. The Bertz CT molecular complexity index is 557. The molecule has 2 rings (SSSR count). The molecule has 21 heavy (non-hydrogen) atoms. The highest BCUT2D eigenvalue weighted by Crippen LogP contribution is 2.24. The van der Waals surface area contributed by atoms with Crippen LogP contribution in [0.1, 0.15) is 16.5 Å². The molecule has 0 aliphatic heterocycles. The van der Waals surface area contributed by atoms with Crippen molar-refractivity contribution in [3.8, 4) is 5.75 Å². The second-order valence-corrected chi connectivity index (χ2v) is 6.50. The van der Waals surface area contributed by atoms with Gasteiger partial charge < -0.3 is 15.0 Å². The monoisotopic (exact) mass is 324 g/mol. The topological polar surface area (TPSA) is 24.5 Å². The van der Waals surface area contributed by atoms with E-state index in [-0.39, 0.29) is 0 Å². The lowest BCUT2D eigenvalue weighted by Gasteiger charge is -2.24. The second kappa shape index (κ2) is 7.80. The molecule has 114 valence electrons. The Morgan fingerprint density at radius 3 is 2.76 bits per heavy atom. The SMILES string of the molecule is COc1ccc(Cl)cc1CNCC(c1cccs1)N(C)C. The number of thiophene rings is 1. The predicted octanol–water partition coefficient (Wildman–Crippen LogP) is 3.80. The van der Waals surface area contributed by atoms with Crippen molar-refractivity contribution in [1.29, 1.82) is 0 Å². The standard InChI is InChI=1S/C16H21ClN2OS/c1-19(2)14(16-5-4-8-21-16)11-18-10-12-9-13(17)6-7-15(12)20-3/h4-9,14,18H,10-11H2,1-3H3. The van der Waals surface area contributed by atoms with Crippen LogP contribution in [0.25, 0.3) is 0 Å². The van der Waals surface area contributed by atoms with Gasteiger partial charge in [0.2, 0.25) is 0 Å². The molecule has 0 saturated carbocycles. The van der Waals surface area contributed by atoms with Gasteiger partial charge in [-0.2, -0.15) is 0 Å². The summed E-state index contributed by atoms with van der Waals surface area (Å²) in [5, 5.41) is 6.35. The summed E-state index contributed by atoms with van der Waals surface area (Å²) in [5.74, 6) is 0.865. The fourth-order valence-electron chi connectivity index (χ4n) is 2.25. The van der Waals surface area contributed by atoms with E-state index in [4.69, 9.17) is 16.3 Å². The Balaban J connectivity index is 1.98. The zero-order valence-electron chi connectivity index (χ0n) is 12.6. The van der Waals surface area contributed by atoms with E-state index < -0.39 is 0 Å². The fourth-order valence-corrected chi connectivity index (χ4v) is 3.36. The highest BCUT2D eigenvalue weighted by molar-refractivity contribution is 7.10. The molecule has 1 unspecified atom stereocenters. The fraction of sp³-hybridized carbons (Fsp3) is 0.375. The number of nitrogens with zero attached hydrogens (tertiary/aromatic N) is 1. The van der Waals surface area contributed by atoms with Gasteiger partial charge in [-0.25, -0.2) is 0 Å². The van der Waals surface area contributed by atoms with E-state index in [1.807, 2.05) is 18.2 Å². The Hall–Kier alpha value is -1.07. The van der Waals surface area contributed by atoms with Crippen molar-refractivity contribution >= 4 is 22.9 Å². The number of likely N-dealkylation sites (N-methyl/N-ethyl adjacent to an activating group) is 1. The van der Waals surface area contributed by atoms with Gasteiger partial charge in [0.1, 0.15) is 5.75 Å². The molecule has 0 spiro atoms. The van der Waals surface area contributed by atoms with Crippen LogP contribution in [0.4, 0.5) is 0 Å². The van der Waals surface area contributed by atoms with Crippen LogP contribution in [0.2, 0.25) is 5.02 Å². The van der Waals surface area contributed by atoms with Crippen LogP contribution < -0.4 is 10.1 Å². The number of hydrogen-bond donors (Lipinski definition) is 1. The van der Waals surface area contributed by atoms with Crippen LogP contribution in [0.15, 0.2) is 35.7 Å². The van der Waals surface area contributed by atoms with Crippen molar-refractivity contribution in [1.82, 2.24) is 10.2 Å². The van der Waals surface area contributed by atoms with Gasteiger partial charge >= 0.3 is 0 Å². The molecule has 1 N–H and O–H groups in total. The first kappa shape index (κ1) is 16.3. The van der Waals surface area contributed by atoms with Gasteiger partial charge in [-0.05, 0) is 43.7 Å². The molecule has 3 nitrogen and oxygen atoms in total. The van der Waals surface area contributed by atoms with E-state index in [0.717, 1.165) is 29.4 Å². The molecule has 0 saturated heterocycles. The Morgan fingerprint density at radius 2 is 2.14 bits per heavy atom. The molecule has 2 aromatic rings. The largest absolute Gasteiger partial charge is 0.496 e. The maximum atomic E-state index is 6.06. The van der Waals surface area contributed by atoms with Crippen molar-refractivity contribution in [3.05, 3.63) is 51.2 Å². The third kappa shape index (κ3) is 4.45. The van der Waals surface area contributed by atoms with E-state index in [2.05, 4.69) is 41.8 Å². The average molecular weight is 325 g/mol. The molecular formula is C16H21ClN2OS. The highest BCUT2D eigenvalue weighted by Gasteiger charge is 2.15. The molecule has 1 atom stereocenters. The van der Waals surface area contributed by atoms with Crippen LogP contribution in [0.5, 0.6) is 5.75 Å². The van der Waals surface area contributed by atoms with Crippen LogP contribution in [0.3, 0.4) is 0 Å². The smallest absolute Gasteiger partial charge is 0.123 e. The van der Waals surface area contributed by atoms with Gasteiger partial charge in [0.15, 0.2) is 0 Å². The lowest BCUT2D eigenvalue weighted by molar-refractivity contribution is 0.292. The summed E-state index contributed by atoms with van der Waals surface area (Å²) in [6, 6.07) is 10.3. The number of rotatable bonds is 7. The molecule has 1 aromatic carbocycles. The van der Waals surface area contributed by atoms with Gasteiger partial charge in [-0.1, -0.05) is 17.7 Å². The Morgan fingerprint density at radius 1 is 1.33 bits per heavy atom. The predicted molar refractivity (Wildman–Crippen MR) is 90.5 cm³/mol. The van der Waals surface area contributed by atoms with Crippen LogP contribution in [0, 0.1) is 0 Å². The minimum absolute atomic E-state index is 0.371. The third-order valence-electron chi connectivity index (χ3n) is 3.39. The van der Waals surface area contributed by atoms with Gasteiger partial charge in [0.25, 0.3) is 0 Å². The summed E-state index contributed by atoms with van der Waals surface area (Å²) < 4.78 is 5.37. The van der Waals surface area contributed by atoms with Crippen molar-refractivity contribution in [2.45, 2.75) is 12.6 Å². The molecule has 0 amide bonds. The van der Waals surface area contributed by atoms with Crippen LogP contribution in [-0.4, -0.2) is 32.6 Å². The lowest BCUT2D eigenvalue weighted by Crippen LogP contribution is -2.30. The van der Waals surface area contributed by atoms with Crippen LogP contribution >= 0.6 is 22.9 Å². The summed E-state index contributed by atoms with van der Waals surface area (Å²) in [5.41, 5.74) is 1.08. The van der Waals surface area contributed by atoms with Gasteiger partial charge in [-0.3, -0.25) is 0 Å². The first-order valence-electron chi connectivity index (χ1n) is 6.84. The van der Waals surface area contributed by atoms with Crippen molar-refractivity contribution in [2.24, 2.45) is 0 Å². The third-order valence-corrected chi connectivity index (χ3v) is 4.60. The number of benzene rings is 1. The zero-order valence-corrected chi connectivity index (χ0v) is 14.2. The molecule has 0 aliphatic carbocycles. The molecule has 0 aliphatic rings. The second-order valence-electron chi connectivity index (χ2n) is 5.08. The summed E-state index contributed by atoms with van der Waals surface area (Å²) in [4.78, 5) is 3.60. The molecule has 1 aromatic heterocycles. The molecule has 0 bridgehead atoms.